The highest BCUT2D eigenvalue weighted by Crippen LogP contribution is 2.45. The van der Waals surface area contributed by atoms with Gasteiger partial charge in [0.1, 0.15) is 30.2 Å². The second-order valence-corrected chi connectivity index (χ2v) is 14.6. The van der Waals surface area contributed by atoms with E-state index in [0.717, 1.165) is 24.8 Å². The molecule has 1 aliphatic carbocycles. The minimum Gasteiger partial charge on any atom is -0.397 e. The maximum absolute atomic E-state index is 12.8. The van der Waals surface area contributed by atoms with Crippen molar-refractivity contribution in [3.8, 4) is 0 Å². The first kappa shape index (κ1) is 31.7. The molecule has 1 amide bonds. The number of fused-ring (bicyclic) bond motifs is 2. The molecule has 12 nitrogen and oxygen atoms in total. The van der Waals surface area contributed by atoms with Crippen LogP contribution < -0.4 is 16.8 Å². The number of imidazole rings is 1. The summed E-state index contributed by atoms with van der Waals surface area (Å²) in [5.74, 6) is 0.103. The van der Waals surface area contributed by atoms with E-state index in [-0.39, 0.29) is 29.6 Å². The minimum absolute atomic E-state index is 0.00244. The summed E-state index contributed by atoms with van der Waals surface area (Å²) in [6.45, 7) is 15.5. The number of nitrogens with two attached hydrogens (primary N) is 2. The van der Waals surface area contributed by atoms with Crippen molar-refractivity contribution in [1.29, 1.82) is 0 Å². The van der Waals surface area contributed by atoms with Gasteiger partial charge in [-0.25, -0.2) is 15.0 Å². The van der Waals surface area contributed by atoms with Gasteiger partial charge in [0, 0.05) is 25.0 Å². The van der Waals surface area contributed by atoms with E-state index in [1.807, 2.05) is 36.6 Å². The summed E-state index contributed by atoms with van der Waals surface area (Å²) in [4.78, 5) is 28.2. The van der Waals surface area contributed by atoms with Crippen LogP contribution in [0.15, 0.2) is 30.9 Å². The summed E-state index contributed by atoms with van der Waals surface area (Å²) in [5, 5.41) is 3.01. The Morgan fingerprint density at radius 3 is 2.56 bits per heavy atom. The van der Waals surface area contributed by atoms with Gasteiger partial charge in [0.2, 0.25) is 5.91 Å². The largest absolute Gasteiger partial charge is 0.397 e. The van der Waals surface area contributed by atoms with Crippen molar-refractivity contribution in [3.63, 3.8) is 0 Å². The number of anilines is 3. The number of aromatic nitrogens is 4. The highest BCUT2D eigenvalue weighted by atomic mass is 16.8. The van der Waals surface area contributed by atoms with Crippen LogP contribution in [0, 0.1) is 5.92 Å². The molecular formula is C33H48N8O4. The van der Waals surface area contributed by atoms with E-state index in [1.54, 1.807) is 6.33 Å². The molecule has 6 rings (SSSR count). The summed E-state index contributed by atoms with van der Waals surface area (Å²) >= 11 is 0. The maximum Gasteiger partial charge on any atom is 0.224 e. The smallest absolute Gasteiger partial charge is 0.224 e. The first-order valence-electron chi connectivity index (χ1n) is 16.1. The summed E-state index contributed by atoms with van der Waals surface area (Å²) in [7, 11) is 0. The van der Waals surface area contributed by atoms with Crippen LogP contribution in [0.1, 0.15) is 85.9 Å². The number of benzene rings is 1. The van der Waals surface area contributed by atoms with Gasteiger partial charge in [-0.3, -0.25) is 14.3 Å². The van der Waals surface area contributed by atoms with Crippen molar-refractivity contribution >= 4 is 34.3 Å². The highest BCUT2D eigenvalue weighted by Gasteiger charge is 2.57. The Morgan fingerprint density at radius 1 is 1.13 bits per heavy atom. The predicted octanol–water partition coefficient (Wildman–Crippen LogP) is 4.61. The summed E-state index contributed by atoms with van der Waals surface area (Å²) in [5.41, 5.74) is 15.9. The van der Waals surface area contributed by atoms with Crippen LogP contribution in [0.2, 0.25) is 0 Å². The van der Waals surface area contributed by atoms with Crippen LogP contribution in [-0.2, 0) is 24.4 Å². The molecule has 1 aromatic carbocycles. The third-order valence-corrected chi connectivity index (χ3v) is 9.49. The number of nitrogens with zero attached hydrogens (tertiary/aromatic N) is 5. The first-order valence-corrected chi connectivity index (χ1v) is 16.1. The van der Waals surface area contributed by atoms with Crippen LogP contribution in [0.3, 0.4) is 0 Å². The molecule has 3 aromatic rings. The molecule has 3 fully saturated rings. The summed E-state index contributed by atoms with van der Waals surface area (Å²) in [6, 6.07) is 6.63. The van der Waals surface area contributed by atoms with Gasteiger partial charge in [-0.15, -0.1) is 0 Å². The first-order chi connectivity index (χ1) is 21.2. The second-order valence-electron chi connectivity index (χ2n) is 14.6. The third-order valence-electron chi connectivity index (χ3n) is 9.49. The van der Waals surface area contributed by atoms with E-state index in [0.29, 0.717) is 59.3 Å². The fourth-order valence-electron chi connectivity index (χ4n) is 6.97. The average molecular weight is 621 g/mol. The number of carbonyl (C=O) groups excluding carboxylic acids is 1. The Bertz CT molecular complexity index is 1540. The third kappa shape index (κ3) is 6.38. The quantitative estimate of drug-likeness (QED) is 0.289. The number of rotatable bonds is 9. The molecule has 2 aromatic heterocycles. The maximum atomic E-state index is 12.8. The normalized spacial score (nSPS) is 27.7. The Hall–Kier alpha value is -3.32. The van der Waals surface area contributed by atoms with Crippen LogP contribution in [0.25, 0.3) is 11.2 Å². The molecule has 2 saturated heterocycles. The zero-order valence-corrected chi connectivity index (χ0v) is 27.5. The Balaban J connectivity index is 1.06. The molecular weight excluding hydrogens is 572 g/mol. The lowest BCUT2D eigenvalue weighted by molar-refractivity contribution is -0.199. The van der Waals surface area contributed by atoms with Crippen molar-refractivity contribution in [2.45, 2.75) is 122 Å². The van der Waals surface area contributed by atoms with Gasteiger partial charge in [0.15, 0.2) is 23.5 Å². The SMILES string of the molecule is CC(C)N(C[C@H]1O[C@H](n2cnc3c(N)ncnc32)C2OC(C)(C)O[C@@H]21)C1CC(CCC(=O)Nc2ccc(C(C)(C)C)cc2N)C1. The zero-order chi connectivity index (χ0) is 32.3. The Kier molecular flexibility index (Phi) is 8.30. The van der Waals surface area contributed by atoms with E-state index in [4.69, 9.17) is 25.7 Å². The molecule has 0 bridgehead atoms. The molecule has 2 aliphatic heterocycles. The number of nitrogen functional groups attached to an aromatic ring is 2. The lowest BCUT2D eigenvalue weighted by atomic mass is 9.76. The zero-order valence-electron chi connectivity index (χ0n) is 27.5. The number of nitrogens with one attached hydrogen (secondary N) is 1. The number of carbonyl (C=O) groups is 1. The molecule has 45 heavy (non-hydrogen) atoms. The van der Waals surface area contributed by atoms with Gasteiger partial charge in [0.05, 0.1) is 17.7 Å². The van der Waals surface area contributed by atoms with Crippen molar-refractivity contribution in [3.05, 3.63) is 36.4 Å². The highest BCUT2D eigenvalue weighted by molar-refractivity contribution is 5.93. The number of hydrogen-bond donors (Lipinski definition) is 3. The number of ether oxygens (including phenoxy) is 3. The molecule has 1 saturated carbocycles. The molecule has 5 N–H and O–H groups in total. The van der Waals surface area contributed by atoms with Gasteiger partial charge < -0.3 is 31.0 Å². The molecule has 0 radical (unpaired) electrons. The summed E-state index contributed by atoms with van der Waals surface area (Å²) in [6.07, 6.45) is 5.32. The minimum atomic E-state index is -0.732. The molecule has 3 aliphatic rings. The lowest BCUT2D eigenvalue weighted by Gasteiger charge is -2.46. The van der Waals surface area contributed by atoms with E-state index in [2.05, 4.69) is 59.8 Å². The molecule has 244 valence electrons. The van der Waals surface area contributed by atoms with E-state index in [1.165, 1.54) is 6.33 Å². The fraction of sp³-hybridized carbons (Fsp3) is 0.636. The topological polar surface area (TPSA) is 156 Å². The van der Waals surface area contributed by atoms with Gasteiger partial charge in [0.25, 0.3) is 0 Å². The van der Waals surface area contributed by atoms with Crippen molar-refractivity contribution in [2.75, 3.05) is 23.3 Å². The van der Waals surface area contributed by atoms with Crippen molar-refractivity contribution in [2.24, 2.45) is 5.92 Å². The van der Waals surface area contributed by atoms with Crippen molar-refractivity contribution in [1.82, 2.24) is 24.4 Å². The molecule has 1 unspecified atom stereocenters. The molecule has 4 heterocycles. The van der Waals surface area contributed by atoms with Gasteiger partial charge in [-0.1, -0.05) is 26.8 Å². The van der Waals surface area contributed by atoms with E-state index < -0.39 is 12.0 Å². The monoisotopic (exact) mass is 620 g/mol. The van der Waals surface area contributed by atoms with Crippen LogP contribution in [-0.4, -0.2) is 73.1 Å². The van der Waals surface area contributed by atoms with Gasteiger partial charge in [-0.2, -0.15) is 0 Å². The fourth-order valence-corrected chi connectivity index (χ4v) is 6.97. The van der Waals surface area contributed by atoms with Crippen LogP contribution in [0.5, 0.6) is 0 Å². The van der Waals surface area contributed by atoms with Crippen LogP contribution >= 0.6 is 0 Å². The predicted molar refractivity (Wildman–Crippen MR) is 173 cm³/mol. The summed E-state index contributed by atoms with van der Waals surface area (Å²) < 4.78 is 21.3. The molecule has 4 atom stereocenters. The standard InChI is InChI=1S/C33H48N8O4/c1-18(2)40(21-12-19(13-21)8-11-25(42)39-23-10-9-20(14-22(23)34)32(3,4)5)15-24-27-28(45-33(6,7)44-27)31(43-24)41-17-38-26-29(35)36-16-37-30(26)41/h9-10,14,16-19,21,24,27-28,31H,8,11-13,15,34H2,1-7H3,(H,39,42)(H2,35,36,37)/t19?,21?,24-,27-,28?,31+/m1/s1. The lowest BCUT2D eigenvalue weighted by Crippen LogP contribution is -2.52. The second kappa shape index (κ2) is 11.8. The van der Waals surface area contributed by atoms with E-state index in [9.17, 15) is 4.79 Å². The molecule has 0 spiro atoms. The number of amides is 1. The van der Waals surface area contributed by atoms with Crippen LogP contribution in [0.4, 0.5) is 17.2 Å². The van der Waals surface area contributed by atoms with Gasteiger partial charge >= 0.3 is 0 Å². The average Bonchev–Trinajstić information content (AvgIpc) is 3.59. The van der Waals surface area contributed by atoms with Gasteiger partial charge in [-0.05, 0) is 76.0 Å². The Labute approximate surface area is 265 Å². The Morgan fingerprint density at radius 2 is 1.87 bits per heavy atom. The van der Waals surface area contributed by atoms with E-state index >= 15 is 0 Å². The number of hydrogen-bond acceptors (Lipinski definition) is 10. The molecule has 12 heteroatoms. The van der Waals surface area contributed by atoms with Crippen molar-refractivity contribution < 1.29 is 19.0 Å².